The van der Waals surface area contributed by atoms with E-state index in [0.29, 0.717) is 0 Å². The first-order valence-corrected chi connectivity index (χ1v) is 8.02. The van der Waals surface area contributed by atoms with Crippen LogP contribution in [0.3, 0.4) is 0 Å². The van der Waals surface area contributed by atoms with E-state index in [4.69, 9.17) is 5.14 Å². The molecule has 0 unspecified atom stereocenters. The summed E-state index contributed by atoms with van der Waals surface area (Å²) in [7, 11) is -3.92. The second kappa shape index (κ2) is 6.66. The number of benzene rings is 1. The van der Waals surface area contributed by atoms with Crippen molar-refractivity contribution in [3.8, 4) is 0 Å². The molecule has 0 bridgehead atoms. The minimum atomic E-state index is -4.56. The molecule has 1 aromatic rings. The number of sulfonamides is 1. The van der Waals surface area contributed by atoms with Gasteiger partial charge in [0.1, 0.15) is 6.04 Å². The number of rotatable bonds is 5. The molecule has 0 spiro atoms. The van der Waals surface area contributed by atoms with Gasteiger partial charge in [-0.15, -0.1) is 0 Å². The van der Waals surface area contributed by atoms with Crippen molar-refractivity contribution in [1.82, 2.24) is 5.32 Å². The molecule has 9 heteroatoms. The number of primary sulfonamides is 1. The molecule has 0 radical (unpaired) electrons. The van der Waals surface area contributed by atoms with E-state index in [9.17, 15) is 26.4 Å². The Kier molecular flexibility index (Phi) is 5.58. The zero-order chi connectivity index (χ0) is 17.1. The number of carbonyl (C=O) groups is 1. The summed E-state index contributed by atoms with van der Waals surface area (Å²) in [6, 6.07) is 2.38. The summed E-state index contributed by atoms with van der Waals surface area (Å²) in [5.41, 5.74) is -0.0787. The molecule has 5 nitrogen and oxygen atoms in total. The van der Waals surface area contributed by atoms with Crippen molar-refractivity contribution in [3.63, 3.8) is 0 Å². The lowest BCUT2D eigenvalue weighted by molar-refractivity contribution is -0.164. The molecule has 1 amide bonds. The molecule has 22 heavy (non-hydrogen) atoms. The highest BCUT2D eigenvalue weighted by Crippen LogP contribution is 2.27. The molecule has 0 heterocycles. The number of halogens is 3. The van der Waals surface area contributed by atoms with Crippen molar-refractivity contribution in [2.24, 2.45) is 11.1 Å². The molecule has 0 saturated carbocycles. The van der Waals surface area contributed by atoms with Crippen molar-refractivity contribution < 1.29 is 26.4 Å². The largest absolute Gasteiger partial charge is 0.408 e. The van der Waals surface area contributed by atoms with Gasteiger partial charge in [-0.25, -0.2) is 13.6 Å². The Morgan fingerprint density at radius 3 is 2.14 bits per heavy atom. The lowest BCUT2D eigenvalue weighted by atomic mass is 9.98. The van der Waals surface area contributed by atoms with Gasteiger partial charge in [0, 0.05) is 5.56 Å². The van der Waals surface area contributed by atoms with E-state index >= 15 is 0 Å². The highest BCUT2D eigenvalue weighted by molar-refractivity contribution is 7.89. The third kappa shape index (κ3) is 4.70. The number of carbonyl (C=O) groups excluding carboxylic acids is 1. The SMILES string of the molecule is CC[C@H](C)[C@@H](NC(=O)c1ccc(S(N)(=O)=O)cc1)C(F)(F)F. The highest BCUT2D eigenvalue weighted by Gasteiger charge is 2.43. The predicted molar refractivity (Wildman–Crippen MR) is 74.6 cm³/mol. The van der Waals surface area contributed by atoms with E-state index in [-0.39, 0.29) is 16.9 Å². The van der Waals surface area contributed by atoms with Gasteiger partial charge in [-0.1, -0.05) is 20.3 Å². The van der Waals surface area contributed by atoms with Gasteiger partial charge < -0.3 is 5.32 Å². The molecule has 3 N–H and O–H groups in total. The van der Waals surface area contributed by atoms with Crippen molar-refractivity contribution in [2.75, 3.05) is 0 Å². The Balaban J connectivity index is 2.96. The van der Waals surface area contributed by atoms with Crippen LogP contribution in [0.15, 0.2) is 29.2 Å². The molecule has 0 saturated heterocycles. The number of hydrogen-bond donors (Lipinski definition) is 2. The summed E-state index contributed by atoms with van der Waals surface area (Å²) in [5, 5.41) is 6.84. The quantitative estimate of drug-likeness (QED) is 0.861. The molecule has 0 aliphatic heterocycles. The predicted octanol–water partition coefficient (Wildman–Crippen LogP) is 2.04. The summed E-state index contributed by atoms with van der Waals surface area (Å²) in [4.78, 5) is 11.7. The summed E-state index contributed by atoms with van der Waals surface area (Å²) in [5.74, 6) is -1.71. The Labute approximate surface area is 126 Å². The smallest absolute Gasteiger partial charge is 0.340 e. The Morgan fingerprint density at radius 2 is 1.77 bits per heavy atom. The minimum Gasteiger partial charge on any atom is -0.340 e. The lowest BCUT2D eigenvalue weighted by Gasteiger charge is -2.26. The molecular formula is C13H17F3N2O3S. The van der Waals surface area contributed by atoms with E-state index in [2.05, 4.69) is 0 Å². The minimum absolute atomic E-state index is 0.0787. The standard InChI is InChI=1S/C13H17F3N2O3S/c1-3-8(2)11(13(14,15)16)18-12(19)9-4-6-10(7-5-9)22(17,20)21/h4-8,11H,3H2,1-2H3,(H,18,19)(H2,17,20,21)/t8-,11+/m0/s1. The zero-order valence-corrected chi connectivity index (χ0v) is 12.8. The van der Waals surface area contributed by atoms with Crippen LogP contribution in [-0.2, 0) is 10.0 Å². The monoisotopic (exact) mass is 338 g/mol. The topological polar surface area (TPSA) is 89.3 Å². The molecule has 0 aliphatic rings. The number of alkyl halides is 3. The molecule has 124 valence electrons. The van der Waals surface area contributed by atoms with Crippen LogP contribution in [0.5, 0.6) is 0 Å². The van der Waals surface area contributed by atoms with Gasteiger partial charge in [0.2, 0.25) is 10.0 Å². The Bertz CT molecular complexity index is 627. The van der Waals surface area contributed by atoms with E-state index in [0.717, 1.165) is 24.3 Å². The third-order valence-electron chi connectivity index (χ3n) is 3.30. The van der Waals surface area contributed by atoms with Crippen molar-refractivity contribution in [3.05, 3.63) is 29.8 Å². The molecule has 0 aliphatic carbocycles. The molecule has 1 aromatic carbocycles. The summed E-state index contributed by atoms with van der Waals surface area (Å²) in [6.45, 7) is 2.99. The number of hydrogen-bond acceptors (Lipinski definition) is 3. The second-order valence-electron chi connectivity index (χ2n) is 4.95. The maximum atomic E-state index is 12.9. The van der Waals surface area contributed by atoms with Crippen LogP contribution in [0.25, 0.3) is 0 Å². The molecular weight excluding hydrogens is 321 g/mol. The van der Waals surface area contributed by atoms with E-state index in [1.165, 1.54) is 6.92 Å². The molecule has 2 atom stereocenters. The summed E-state index contributed by atoms with van der Waals surface area (Å²) in [6.07, 6.45) is -4.32. The van der Waals surface area contributed by atoms with Crippen LogP contribution in [-0.4, -0.2) is 26.5 Å². The first-order valence-electron chi connectivity index (χ1n) is 6.47. The van der Waals surface area contributed by atoms with Crippen LogP contribution >= 0.6 is 0 Å². The van der Waals surface area contributed by atoms with E-state index in [1.54, 1.807) is 6.92 Å². The van der Waals surface area contributed by atoms with Crippen LogP contribution in [0, 0.1) is 5.92 Å². The van der Waals surface area contributed by atoms with Crippen molar-refractivity contribution >= 4 is 15.9 Å². The van der Waals surface area contributed by atoms with Gasteiger partial charge in [0.05, 0.1) is 4.90 Å². The number of amides is 1. The van der Waals surface area contributed by atoms with Gasteiger partial charge in [0.25, 0.3) is 5.91 Å². The van der Waals surface area contributed by atoms with Crippen LogP contribution in [0.4, 0.5) is 13.2 Å². The van der Waals surface area contributed by atoms with Crippen LogP contribution in [0.1, 0.15) is 30.6 Å². The van der Waals surface area contributed by atoms with E-state index in [1.807, 2.05) is 5.32 Å². The molecule has 1 rings (SSSR count). The lowest BCUT2D eigenvalue weighted by Crippen LogP contribution is -2.49. The summed E-state index contributed by atoms with van der Waals surface area (Å²) >= 11 is 0. The van der Waals surface area contributed by atoms with Gasteiger partial charge in [-0.05, 0) is 30.2 Å². The Morgan fingerprint density at radius 1 is 1.27 bits per heavy atom. The fourth-order valence-corrected chi connectivity index (χ4v) is 2.32. The van der Waals surface area contributed by atoms with Crippen molar-refractivity contribution in [1.29, 1.82) is 0 Å². The van der Waals surface area contributed by atoms with Crippen molar-refractivity contribution in [2.45, 2.75) is 37.4 Å². The van der Waals surface area contributed by atoms with Crippen LogP contribution in [0.2, 0.25) is 0 Å². The average molecular weight is 338 g/mol. The first kappa shape index (κ1) is 18.4. The molecule has 0 aromatic heterocycles. The maximum Gasteiger partial charge on any atom is 0.408 e. The number of nitrogens with one attached hydrogen (secondary N) is 1. The fraction of sp³-hybridized carbons (Fsp3) is 0.462. The van der Waals surface area contributed by atoms with Gasteiger partial charge in [-0.2, -0.15) is 13.2 Å². The van der Waals surface area contributed by atoms with Gasteiger partial charge in [0.15, 0.2) is 0 Å². The highest BCUT2D eigenvalue weighted by atomic mass is 32.2. The van der Waals surface area contributed by atoms with E-state index < -0.39 is 34.1 Å². The van der Waals surface area contributed by atoms with Crippen LogP contribution < -0.4 is 10.5 Å². The third-order valence-corrected chi connectivity index (χ3v) is 4.23. The normalized spacial score (nSPS) is 15.2. The summed E-state index contributed by atoms with van der Waals surface area (Å²) < 4.78 is 61.0. The Hall–Kier alpha value is -1.61. The molecule has 0 fully saturated rings. The van der Waals surface area contributed by atoms with Gasteiger partial charge in [-0.3, -0.25) is 4.79 Å². The second-order valence-corrected chi connectivity index (χ2v) is 6.51. The zero-order valence-electron chi connectivity index (χ0n) is 12.0. The number of nitrogens with two attached hydrogens (primary N) is 1. The first-order chi connectivity index (χ1) is 9.96. The fourth-order valence-electron chi connectivity index (χ4n) is 1.80. The van der Waals surface area contributed by atoms with Gasteiger partial charge >= 0.3 is 6.18 Å². The maximum absolute atomic E-state index is 12.9. The average Bonchev–Trinajstić information content (AvgIpc) is 2.41.